The van der Waals surface area contributed by atoms with E-state index in [1.54, 1.807) is 23.9 Å². The zero-order valence-corrected chi connectivity index (χ0v) is 17.3. The summed E-state index contributed by atoms with van der Waals surface area (Å²) in [4.78, 5) is 17.4. The Morgan fingerprint density at radius 3 is 2.66 bits per heavy atom. The molecule has 7 heteroatoms. The van der Waals surface area contributed by atoms with Gasteiger partial charge >= 0.3 is 0 Å². The average molecular weight is 412 g/mol. The highest BCUT2D eigenvalue weighted by atomic mass is 32.2. The van der Waals surface area contributed by atoms with Gasteiger partial charge in [-0.3, -0.25) is 14.6 Å². The lowest BCUT2D eigenvalue weighted by atomic mass is 10.0. The molecule has 0 saturated heterocycles. The van der Waals surface area contributed by atoms with Gasteiger partial charge in [-0.15, -0.1) is 0 Å². The van der Waals surface area contributed by atoms with Crippen molar-refractivity contribution in [2.75, 3.05) is 0 Å². The summed E-state index contributed by atoms with van der Waals surface area (Å²) in [5.41, 5.74) is 2.31. The van der Waals surface area contributed by atoms with Gasteiger partial charge in [-0.2, -0.15) is 0 Å². The summed E-state index contributed by atoms with van der Waals surface area (Å²) in [5.74, 6) is 1.11. The molecular formula is C22H22FN3O2S. The molecule has 1 aliphatic heterocycles. The maximum absolute atomic E-state index is 13.1. The van der Waals surface area contributed by atoms with Crippen LogP contribution < -0.4 is 10.3 Å². The van der Waals surface area contributed by atoms with Gasteiger partial charge in [0, 0.05) is 11.6 Å². The van der Waals surface area contributed by atoms with E-state index in [2.05, 4.69) is 10.1 Å². The van der Waals surface area contributed by atoms with E-state index >= 15 is 0 Å². The molecule has 5 nitrogen and oxygen atoms in total. The monoisotopic (exact) mass is 411 g/mol. The molecule has 0 radical (unpaired) electrons. The van der Waals surface area contributed by atoms with Crippen LogP contribution >= 0.6 is 11.8 Å². The Kier molecular flexibility index (Phi) is 5.32. The average Bonchev–Trinajstić information content (AvgIpc) is 3.04. The van der Waals surface area contributed by atoms with Gasteiger partial charge in [0.25, 0.3) is 5.56 Å². The fourth-order valence-corrected chi connectivity index (χ4v) is 4.50. The molecule has 1 N–H and O–H groups in total. The summed E-state index contributed by atoms with van der Waals surface area (Å²) in [5, 5.41) is 3.60. The highest BCUT2D eigenvalue weighted by molar-refractivity contribution is 8.14. The first-order chi connectivity index (χ1) is 13.9. The quantitative estimate of drug-likeness (QED) is 0.615. The van der Waals surface area contributed by atoms with Crippen LogP contribution in [0, 0.1) is 5.82 Å². The number of hydrogen-bond donors (Lipinski definition) is 1. The first kappa shape index (κ1) is 19.5. The van der Waals surface area contributed by atoms with Crippen molar-refractivity contribution in [2.45, 2.75) is 38.7 Å². The van der Waals surface area contributed by atoms with Crippen LogP contribution in [0.5, 0.6) is 5.75 Å². The Hall–Kier alpha value is -2.80. The smallest absolute Gasteiger partial charge is 0.271 e. The van der Waals surface area contributed by atoms with Crippen LogP contribution in [-0.4, -0.2) is 14.8 Å². The molecule has 2 aromatic carbocycles. The summed E-state index contributed by atoms with van der Waals surface area (Å²) >= 11 is 1.55. The molecule has 3 aromatic rings. The first-order valence-electron chi connectivity index (χ1n) is 9.46. The summed E-state index contributed by atoms with van der Waals surface area (Å²) in [6.07, 6.45) is 0. The van der Waals surface area contributed by atoms with Crippen molar-refractivity contribution in [1.29, 1.82) is 0 Å². The number of rotatable bonds is 5. The number of fused-ring (bicyclic) bond motifs is 1. The highest BCUT2D eigenvalue weighted by Gasteiger charge is 2.32. The van der Waals surface area contributed by atoms with Crippen molar-refractivity contribution in [3.63, 3.8) is 0 Å². The van der Waals surface area contributed by atoms with Crippen molar-refractivity contribution in [2.24, 2.45) is 4.99 Å². The number of benzene rings is 2. The highest BCUT2D eigenvalue weighted by Crippen LogP contribution is 2.46. The van der Waals surface area contributed by atoms with Crippen molar-refractivity contribution < 1.29 is 9.13 Å². The third-order valence-electron chi connectivity index (χ3n) is 4.78. The fraction of sp³-hybridized carbons (Fsp3) is 0.273. The number of para-hydroxylation sites is 1. The van der Waals surface area contributed by atoms with E-state index in [0.29, 0.717) is 23.7 Å². The number of ether oxygens (including phenoxy) is 1. The molecule has 1 aliphatic rings. The SMILES string of the molecule is CC1=Nc2c(c(=O)[nH]n2C(C)C)C(c2ccccc2OCc2ccc(F)cc2)S1. The summed E-state index contributed by atoms with van der Waals surface area (Å²) in [7, 11) is 0. The van der Waals surface area contributed by atoms with Gasteiger partial charge in [0.1, 0.15) is 18.2 Å². The predicted molar refractivity (Wildman–Crippen MR) is 115 cm³/mol. The maximum atomic E-state index is 13.1. The van der Waals surface area contributed by atoms with Gasteiger partial charge in [0.15, 0.2) is 5.82 Å². The normalized spacial score (nSPS) is 15.9. The minimum atomic E-state index is -0.274. The Morgan fingerprint density at radius 1 is 1.21 bits per heavy atom. The zero-order chi connectivity index (χ0) is 20.5. The van der Waals surface area contributed by atoms with Gasteiger partial charge in [-0.1, -0.05) is 42.1 Å². The van der Waals surface area contributed by atoms with Crippen LogP contribution in [0.25, 0.3) is 0 Å². The van der Waals surface area contributed by atoms with Crippen molar-refractivity contribution >= 4 is 22.6 Å². The van der Waals surface area contributed by atoms with Gasteiger partial charge in [0.2, 0.25) is 0 Å². The Bertz CT molecular complexity index is 1120. The third kappa shape index (κ3) is 3.87. The number of H-pyrrole nitrogens is 1. The van der Waals surface area contributed by atoms with E-state index in [1.807, 2.05) is 49.7 Å². The number of hydrogen-bond acceptors (Lipinski definition) is 4. The molecule has 4 rings (SSSR count). The molecule has 0 fully saturated rings. The Balaban J connectivity index is 1.70. The molecular weight excluding hydrogens is 389 g/mol. The molecule has 1 unspecified atom stereocenters. The number of nitrogens with one attached hydrogen (secondary N) is 1. The van der Waals surface area contributed by atoms with Gasteiger partial charge in [-0.05, 0) is 44.5 Å². The van der Waals surface area contributed by atoms with E-state index in [9.17, 15) is 9.18 Å². The second-order valence-corrected chi connectivity index (χ2v) is 8.52. The van der Waals surface area contributed by atoms with E-state index in [1.165, 1.54) is 12.1 Å². The molecule has 2 heterocycles. The van der Waals surface area contributed by atoms with E-state index in [0.717, 1.165) is 16.2 Å². The number of aliphatic imine (C=N–C) groups is 1. The number of halogens is 1. The van der Waals surface area contributed by atoms with Crippen LogP contribution in [0.15, 0.2) is 58.3 Å². The summed E-state index contributed by atoms with van der Waals surface area (Å²) < 4.78 is 21.0. The molecule has 1 aromatic heterocycles. The lowest BCUT2D eigenvalue weighted by Gasteiger charge is -2.23. The minimum absolute atomic E-state index is 0.0942. The van der Waals surface area contributed by atoms with Crippen molar-refractivity contribution in [3.8, 4) is 5.75 Å². The van der Waals surface area contributed by atoms with E-state index in [4.69, 9.17) is 4.74 Å². The van der Waals surface area contributed by atoms with Gasteiger partial charge < -0.3 is 4.74 Å². The predicted octanol–water partition coefficient (Wildman–Crippen LogP) is 5.36. The lowest BCUT2D eigenvalue weighted by Crippen LogP contribution is -2.14. The molecule has 0 bridgehead atoms. The lowest BCUT2D eigenvalue weighted by molar-refractivity contribution is 0.303. The second-order valence-electron chi connectivity index (χ2n) is 7.22. The van der Waals surface area contributed by atoms with Crippen LogP contribution in [0.4, 0.5) is 10.2 Å². The largest absolute Gasteiger partial charge is 0.489 e. The molecule has 29 heavy (non-hydrogen) atoms. The molecule has 0 amide bonds. The molecule has 1 atom stereocenters. The van der Waals surface area contributed by atoms with Crippen molar-refractivity contribution in [3.05, 3.63) is 81.4 Å². The standard InChI is InChI=1S/C22H22FN3O2S/c1-13(2)26-21-19(22(27)25-26)20(29-14(3)24-21)17-6-4-5-7-18(17)28-12-15-8-10-16(23)11-9-15/h4-11,13,20H,12H2,1-3H3,(H,25,27). The molecule has 0 spiro atoms. The molecule has 0 aliphatic carbocycles. The summed E-state index contributed by atoms with van der Waals surface area (Å²) in [6, 6.07) is 14.1. The van der Waals surface area contributed by atoms with Crippen molar-refractivity contribution in [1.82, 2.24) is 9.78 Å². The molecule has 150 valence electrons. The van der Waals surface area contributed by atoms with Crippen LogP contribution in [-0.2, 0) is 6.61 Å². The summed E-state index contributed by atoms with van der Waals surface area (Å²) in [6.45, 7) is 6.29. The number of aromatic nitrogens is 2. The number of aromatic amines is 1. The van der Waals surface area contributed by atoms with Crippen LogP contribution in [0.1, 0.15) is 48.8 Å². The second kappa shape index (κ2) is 7.91. The Labute approximate surface area is 172 Å². The van der Waals surface area contributed by atoms with Gasteiger partial charge in [0.05, 0.1) is 15.9 Å². The topological polar surface area (TPSA) is 59.4 Å². The number of thioether (sulfide) groups is 1. The van der Waals surface area contributed by atoms with E-state index < -0.39 is 0 Å². The van der Waals surface area contributed by atoms with Gasteiger partial charge in [-0.25, -0.2) is 9.38 Å². The number of nitrogens with zero attached hydrogens (tertiary/aromatic N) is 2. The minimum Gasteiger partial charge on any atom is -0.489 e. The Morgan fingerprint density at radius 2 is 1.93 bits per heavy atom. The van der Waals surface area contributed by atoms with E-state index in [-0.39, 0.29) is 22.7 Å². The maximum Gasteiger partial charge on any atom is 0.271 e. The van der Waals surface area contributed by atoms with Crippen LogP contribution in [0.2, 0.25) is 0 Å². The molecule has 0 saturated carbocycles. The first-order valence-corrected chi connectivity index (χ1v) is 10.3. The zero-order valence-electron chi connectivity index (χ0n) is 16.5. The van der Waals surface area contributed by atoms with Crippen LogP contribution in [0.3, 0.4) is 0 Å². The fourth-order valence-electron chi connectivity index (χ4n) is 3.37. The third-order valence-corrected chi connectivity index (χ3v) is 5.93.